The van der Waals surface area contributed by atoms with E-state index in [1.807, 2.05) is 0 Å². The van der Waals surface area contributed by atoms with Crippen molar-refractivity contribution in [3.05, 3.63) is 0 Å². The predicted molar refractivity (Wildman–Crippen MR) is 94.1 cm³/mol. The summed E-state index contributed by atoms with van der Waals surface area (Å²) >= 11 is 7.36. The lowest BCUT2D eigenvalue weighted by atomic mass is 10.1. The van der Waals surface area contributed by atoms with E-state index in [1.54, 1.807) is 0 Å². The maximum Gasteiger partial charge on any atom is 0.304 e. The fourth-order valence-corrected chi connectivity index (χ4v) is 1.50. The van der Waals surface area contributed by atoms with Gasteiger partial charge in [-0.1, -0.05) is 25.7 Å². The van der Waals surface area contributed by atoms with Crippen molar-refractivity contribution >= 4 is 37.2 Å². The van der Waals surface area contributed by atoms with Gasteiger partial charge in [0.2, 0.25) is 0 Å². The van der Waals surface area contributed by atoms with Crippen molar-refractivity contribution in [3.8, 4) is 0 Å². The molecule has 0 aromatic carbocycles. The first kappa shape index (κ1) is 26.5. The summed E-state index contributed by atoms with van der Waals surface area (Å²) in [7, 11) is 0. The molecule has 0 spiro atoms. The molecule has 0 unspecified atom stereocenters. The van der Waals surface area contributed by atoms with E-state index in [4.69, 9.17) is 20.4 Å². The highest BCUT2D eigenvalue weighted by atomic mass is 32.1. The Morgan fingerprint density at radius 3 is 1.05 bits per heavy atom. The van der Waals surface area contributed by atoms with E-state index < -0.39 is 11.9 Å². The number of rotatable bonds is 11. The third kappa shape index (κ3) is 42.7. The monoisotopic (exact) mass is 358 g/mol. The maximum atomic E-state index is 9.55. The van der Waals surface area contributed by atoms with E-state index in [1.165, 1.54) is 12.8 Å². The second kappa shape index (κ2) is 25.5. The average molecular weight is 359 g/mol. The molecule has 0 saturated carbocycles. The lowest BCUT2D eigenvalue weighted by Gasteiger charge is -1.97. The Balaban J connectivity index is -0.000000261. The van der Waals surface area contributed by atoms with E-state index in [0.29, 0.717) is 24.7 Å². The SMILES string of the molecule is O=C(O)CCS.O=C(O)CCS.OCCCCCCCCO. The summed E-state index contributed by atoms with van der Waals surface area (Å²) in [6, 6.07) is 0. The first-order valence-electron chi connectivity index (χ1n) is 7.33. The zero-order valence-electron chi connectivity index (χ0n) is 13.0. The number of aliphatic hydroxyl groups is 2. The van der Waals surface area contributed by atoms with E-state index >= 15 is 0 Å². The zero-order valence-corrected chi connectivity index (χ0v) is 14.8. The molecule has 0 saturated heterocycles. The fraction of sp³-hybridized carbons (Fsp3) is 0.857. The van der Waals surface area contributed by atoms with Gasteiger partial charge in [0.1, 0.15) is 0 Å². The van der Waals surface area contributed by atoms with Crippen LogP contribution < -0.4 is 0 Å². The lowest BCUT2D eigenvalue weighted by Crippen LogP contribution is -1.93. The molecule has 0 aromatic rings. The molecule has 0 aliphatic carbocycles. The normalized spacial score (nSPS) is 9.09. The van der Waals surface area contributed by atoms with Gasteiger partial charge in [-0.2, -0.15) is 25.3 Å². The van der Waals surface area contributed by atoms with E-state index in [9.17, 15) is 9.59 Å². The van der Waals surface area contributed by atoms with E-state index in [-0.39, 0.29) is 12.8 Å². The van der Waals surface area contributed by atoms with Gasteiger partial charge in [-0.3, -0.25) is 9.59 Å². The van der Waals surface area contributed by atoms with Gasteiger partial charge in [0.25, 0.3) is 0 Å². The van der Waals surface area contributed by atoms with Crippen LogP contribution >= 0.6 is 25.3 Å². The van der Waals surface area contributed by atoms with Crippen LogP contribution in [-0.2, 0) is 9.59 Å². The number of carboxylic acids is 2. The summed E-state index contributed by atoms with van der Waals surface area (Å²) < 4.78 is 0. The Hall–Kier alpha value is -0.440. The van der Waals surface area contributed by atoms with Gasteiger partial charge >= 0.3 is 11.9 Å². The Morgan fingerprint density at radius 1 is 0.636 bits per heavy atom. The fourth-order valence-electron chi connectivity index (χ4n) is 1.12. The molecular formula is C14H30O6S2. The van der Waals surface area contributed by atoms with Crippen molar-refractivity contribution in [2.24, 2.45) is 0 Å². The number of hydrogen-bond acceptors (Lipinski definition) is 6. The van der Waals surface area contributed by atoms with Gasteiger partial charge in [-0.15, -0.1) is 0 Å². The number of unbranched alkanes of at least 4 members (excludes halogenated alkanes) is 5. The third-order valence-corrected chi connectivity index (χ3v) is 2.66. The molecule has 22 heavy (non-hydrogen) atoms. The standard InChI is InChI=1S/C8H18O2.2C3H6O2S/c9-7-5-3-1-2-4-6-8-10;2*4-3(5)1-2-6/h9-10H,1-8H2;2*6H,1-2H2,(H,4,5). The number of thiol groups is 2. The van der Waals surface area contributed by atoms with Gasteiger partial charge in [0.05, 0.1) is 12.8 Å². The Kier molecular flexibility index (Phi) is 30.7. The highest BCUT2D eigenvalue weighted by Crippen LogP contribution is 2.03. The molecular weight excluding hydrogens is 328 g/mol. The van der Waals surface area contributed by atoms with Crippen LogP contribution in [0.5, 0.6) is 0 Å². The van der Waals surface area contributed by atoms with Crippen LogP contribution in [0.25, 0.3) is 0 Å². The quantitative estimate of drug-likeness (QED) is 0.249. The van der Waals surface area contributed by atoms with Crippen LogP contribution in [0, 0.1) is 0 Å². The largest absolute Gasteiger partial charge is 0.481 e. The number of aliphatic hydroxyl groups excluding tert-OH is 2. The van der Waals surface area contributed by atoms with Crippen molar-refractivity contribution < 1.29 is 30.0 Å². The minimum absolute atomic E-state index is 0.156. The van der Waals surface area contributed by atoms with Crippen molar-refractivity contribution in [2.75, 3.05) is 24.7 Å². The van der Waals surface area contributed by atoms with Crippen LogP contribution in [0.4, 0.5) is 0 Å². The first-order chi connectivity index (χ1) is 10.5. The summed E-state index contributed by atoms with van der Waals surface area (Å²) in [5.41, 5.74) is 0. The number of carboxylic acid groups (broad SMARTS) is 2. The average Bonchev–Trinajstić information content (AvgIpc) is 2.44. The molecule has 0 aliphatic rings. The van der Waals surface area contributed by atoms with Crippen molar-refractivity contribution in [1.29, 1.82) is 0 Å². The van der Waals surface area contributed by atoms with Gasteiger partial charge < -0.3 is 20.4 Å². The molecule has 0 heterocycles. The maximum absolute atomic E-state index is 9.55. The molecule has 8 heteroatoms. The molecule has 6 nitrogen and oxygen atoms in total. The molecule has 0 amide bonds. The van der Waals surface area contributed by atoms with Crippen molar-refractivity contribution in [2.45, 2.75) is 51.4 Å². The summed E-state index contributed by atoms with van der Waals surface area (Å²) in [6.07, 6.45) is 6.81. The highest BCUT2D eigenvalue weighted by molar-refractivity contribution is 7.80. The smallest absolute Gasteiger partial charge is 0.304 e. The van der Waals surface area contributed by atoms with Gasteiger partial charge in [0.15, 0.2) is 0 Å². The molecule has 0 aromatic heterocycles. The molecule has 0 radical (unpaired) electrons. The van der Waals surface area contributed by atoms with Crippen molar-refractivity contribution in [3.63, 3.8) is 0 Å². The summed E-state index contributed by atoms with van der Waals surface area (Å²) in [5.74, 6) is -0.722. The van der Waals surface area contributed by atoms with Crippen LogP contribution in [0.2, 0.25) is 0 Å². The Labute approximate surface area is 143 Å². The molecule has 4 N–H and O–H groups in total. The van der Waals surface area contributed by atoms with Crippen LogP contribution in [0.3, 0.4) is 0 Å². The Morgan fingerprint density at radius 2 is 0.909 bits per heavy atom. The molecule has 134 valence electrons. The summed E-state index contributed by atoms with van der Waals surface area (Å²) in [5, 5.41) is 32.6. The first-order valence-corrected chi connectivity index (χ1v) is 8.59. The molecule has 0 atom stereocenters. The molecule has 0 fully saturated rings. The highest BCUT2D eigenvalue weighted by Gasteiger charge is 1.89. The molecule has 0 bridgehead atoms. The number of aliphatic carboxylic acids is 2. The molecule has 0 aliphatic heterocycles. The summed E-state index contributed by atoms with van der Waals surface area (Å²) in [6.45, 7) is 0.639. The van der Waals surface area contributed by atoms with Crippen LogP contribution in [-0.4, -0.2) is 57.1 Å². The van der Waals surface area contributed by atoms with Crippen LogP contribution in [0.15, 0.2) is 0 Å². The minimum atomic E-state index is -0.787. The topological polar surface area (TPSA) is 115 Å². The van der Waals surface area contributed by atoms with Gasteiger partial charge in [-0.05, 0) is 12.8 Å². The zero-order chi connectivity index (χ0) is 17.6. The lowest BCUT2D eigenvalue weighted by molar-refractivity contribution is -0.137. The Bertz CT molecular complexity index is 215. The van der Waals surface area contributed by atoms with Crippen LogP contribution in [0.1, 0.15) is 51.4 Å². The van der Waals surface area contributed by atoms with E-state index in [0.717, 1.165) is 25.7 Å². The van der Waals surface area contributed by atoms with Crippen molar-refractivity contribution in [1.82, 2.24) is 0 Å². The third-order valence-electron chi connectivity index (χ3n) is 2.22. The van der Waals surface area contributed by atoms with E-state index in [2.05, 4.69) is 25.3 Å². The predicted octanol–water partition coefficient (Wildman–Crippen LogP) is 2.09. The van der Waals surface area contributed by atoms with Gasteiger partial charge in [-0.25, -0.2) is 0 Å². The second-order valence-electron chi connectivity index (χ2n) is 4.30. The number of hydrogen-bond donors (Lipinski definition) is 6. The minimum Gasteiger partial charge on any atom is -0.481 e. The number of carbonyl (C=O) groups is 2. The van der Waals surface area contributed by atoms with Gasteiger partial charge in [0, 0.05) is 24.7 Å². The molecule has 0 rings (SSSR count). The second-order valence-corrected chi connectivity index (χ2v) is 5.20. The summed E-state index contributed by atoms with van der Waals surface area (Å²) in [4.78, 5) is 19.1.